The number of fused-ring (bicyclic) bond motifs is 3. The average molecular weight is 319 g/mol. The number of nitrogens with one attached hydrogen (secondary N) is 1. The maximum atomic E-state index is 13.8. The minimum atomic E-state index is -0.251. The summed E-state index contributed by atoms with van der Waals surface area (Å²) in [5.41, 5.74) is 5.58. The maximum Gasteiger partial charge on any atom is 0.248 e. The first kappa shape index (κ1) is 13.4. The molecule has 2 heterocycles. The van der Waals surface area contributed by atoms with Crippen LogP contribution in [-0.2, 0) is 6.42 Å². The molecule has 3 aromatic rings. The number of tetrazole rings is 1. The molecule has 0 fully saturated rings. The van der Waals surface area contributed by atoms with E-state index in [-0.39, 0.29) is 11.9 Å². The lowest BCUT2D eigenvalue weighted by Gasteiger charge is -2.33. The van der Waals surface area contributed by atoms with Gasteiger partial charge in [-0.05, 0) is 52.1 Å². The van der Waals surface area contributed by atoms with Gasteiger partial charge in [-0.1, -0.05) is 41.5 Å². The lowest BCUT2D eigenvalue weighted by atomic mass is 9.83. The number of nitrogens with zero attached hydrogens (tertiary/aromatic N) is 4. The molecule has 1 aromatic heterocycles. The highest BCUT2D eigenvalue weighted by Crippen LogP contribution is 2.43. The summed E-state index contributed by atoms with van der Waals surface area (Å²) < 4.78 is 15.5. The first-order valence-electron chi connectivity index (χ1n) is 7.93. The highest BCUT2D eigenvalue weighted by Gasteiger charge is 2.34. The Morgan fingerprint density at radius 2 is 2.00 bits per heavy atom. The lowest BCUT2D eigenvalue weighted by molar-refractivity contribution is 0.538. The van der Waals surface area contributed by atoms with Crippen LogP contribution >= 0.6 is 0 Å². The summed E-state index contributed by atoms with van der Waals surface area (Å²) >= 11 is 0. The fourth-order valence-corrected chi connectivity index (χ4v) is 3.70. The van der Waals surface area contributed by atoms with Crippen LogP contribution < -0.4 is 5.32 Å². The van der Waals surface area contributed by atoms with Gasteiger partial charge in [0.05, 0.1) is 5.70 Å². The maximum absolute atomic E-state index is 13.8. The first-order chi connectivity index (χ1) is 11.8. The van der Waals surface area contributed by atoms with Crippen molar-refractivity contribution in [2.75, 3.05) is 5.32 Å². The summed E-state index contributed by atoms with van der Waals surface area (Å²) in [6, 6.07) is 14.8. The van der Waals surface area contributed by atoms with E-state index < -0.39 is 0 Å². The van der Waals surface area contributed by atoms with E-state index in [1.807, 2.05) is 12.1 Å². The van der Waals surface area contributed by atoms with Crippen molar-refractivity contribution in [3.8, 4) is 0 Å². The monoisotopic (exact) mass is 319 g/mol. The molecule has 1 aliphatic heterocycles. The predicted molar refractivity (Wildman–Crippen MR) is 87.7 cm³/mol. The average Bonchev–Trinajstić information content (AvgIpc) is 3.07. The van der Waals surface area contributed by atoms with E-state index in [9.17, 15) is 4.39 Å². The van der Waals surface area contributed by atoms with Crippen LogP contribution in [0.15, 0.2) is 54.1 Å². The summed E-state index contributed by atoms with van der Waals surface area (Å²) in [7, 11) is 0. The Balaban J connectivity index is 1.75. The Morgan fingerprint density at radius 1 is 1.08 bits per heavy atom. The van der Waals surface area contributed by atoms with Crippen molar-refractivity contribution in [3.63, 3.8) is 0 Å². The molecule has 0 saturated heterocycles. The summed E-state index contributed by atoms with van der Waals surface area (Å²) in [6.07, 6.45) is 1.85. The van der Waals surface area contributed by atoms with Crippen molar-refractivity contribution >= 4 is 11.6 Å². The topological polar surface area (TPSA) is 55.6 Å². The zero-order valence-electron chi connectivity index (χ0n) is 12.8. The van der Waals surface area contributed by atoms with Crippen molar-refractivity contribution in [1.29, 1.82) is 0 Å². The van der Waals surface area contributed by atoms with Gasteiger partial charge in [0, 0.05) is 5.56 Å². The molecule has 5 rings (SSSR count). The van der Waals surface area contributed by atoms with Gasteiger partial charge in [-0.25, -0.2) is 4.39 Å². The van der Waals surface area contributed by atoms with Crippen LogP contribution in [0, 0.1) is 5.82 Å². The molecule has 0 spiro atoms. The van der Waals surface area contributed by atoms with Gasteiger partial charge in [0.1, 0.15) is 11.9 Å². The number of rotatable bonds is 1. The molecule has 0 bridgehead atoms. The van der Waals surface area contributed by atoms with Crippen molar-refractivity contribution in [2.45, 2.75) is 18.9 Å². The van der Waals surface area contributed by atoms with Crippen LogP contribution in [0.1, 0.15) is 29.2 Å². The van der Waals surface area contributed by atoms with E-state index in [4.69, 9.17) is 0 Å². The second kappa shape index (κ2) is 4.99. The Hall–Kier alpha value is -3.02. The van der Waals surface area contributed by atoms with Crippen molar-refractivity contribution in [2.24, 2.45) is 0 Å². The van der Waals surface area contributed by atoms with Gasteiger partial charge in [-0.15, -0.1) is 0 Å². The fraction of sp³-hybridized carbons (Fsp3) is 0.167. The third-order valence-electron chi connectivity index (χ3n) is 4.74. The molecule has 1 atom stereocenters. The minimum absolute atomic E-state index is 0.185. The van der Waals surface area contributed by atoms with Gasteiger partial charge >= 0.3 is 0 Å². The second-order valence-electron chi connectivity index (χ2n) is 6.09. The lowest BCUT2D eigenvalue weighted by Crippen LogP contribution is -2.27. The van der Waals surface area contributed by atoms with Crippen LogP contribution in [0.2, 0.25) is 0 Å². The minimum Gasteiger partial charge on any atom is -0.322 e. The largest absolute Gasteiger partial charge is 0.322 e. The molecule has 118 valence electrons. The van der Waals surface area contributed by atoms with Gasteiger partial charge in [0.15, 0.2) is 0 Å². The van der Waals surface area contributed by atoms with Gasteiger partial charge in [0.25, 0.3) is 0 Å². The molecule has 0 amide bonds. The predicted octanol–water partition coefficient (Wildman–Crippen LogP) is 3.18. The van der Waals surface area contributed by atoms with Gasteiger partial charge in [-0.2, -0.15) is 4.68 Å². The molecule has 1 N–H and O–H groups in total. The molecule has 6 heteroatoms. The van der Waals surface area contributed by atoms with Crippen LogP contribution in [-0.4, -0.2) is 20.2 Å². The number of benzene rings is 2. The van der Waals surface area contributed by atoms with E-state index in [1.165, 1.54) is 22.8 Å². The highest BCUT2D eigenvalue weighted by atomic mass is 19.1. The van der Waals surface area contributed by atoms with E-state index in [2.05, 4.69) is 39.0 Å². The molecule has 1 unspecified atom stereocenters. The van der Waals surface area contributed by atoms with E-state index in [0.29, 0.717) is 5.95 Å². The third kappa shape index (κ3) is 1.89. The number of anilines is 1. The van der Waals surface area contributed by atoms with E-state index in [1.54, 1.807) is 16.8 Å². The SMILES string of the molecule is Fc1cccc(C2C3=C(Nc4nnnn42)c2ccccc2CC3)c1. The molecule has 0 radical (unpaired) electrons. The molecule has 2 aromatic carbocycles. The van der Waals surface area contributed by atoms with Crippen molar-refractivity contribution in [3.05, 3.63) is 76.6 Å². The highest BCUT2D eigenvalue weighted by molar-refractivity contribution is 5.82. The zero-order chi connectivity index (χ0) is 16.1. The zero-order valence-corrected chi connectivity index (χ0v) is 12.8. The van der Waals surface area contributed by atoms with Crippen LogP contribution in [0.4, 0.5) is 10.3 Å². The first-order valence-corrected chi connectivity index (χ1v) is 7.93. The van der Waals surface area contributed by atoms with Crippen molar-refractivity contribution in [1.82, 2.24) is 20.2 Å². The second-order valence-corrected chi connectivity index (χ2v) is 6.09. The molecule has 2 aliphatic rings. The number of hydrogen-bond donors (Lipinski definition) is 1. The van der Waals surface area contributed by atoms with Crippen LogP contribution in [0.5, 0.6) is 0 Å². The Morgan fingerprint density at radius 3 is 2.92 bits per heavy atom. The number of halogens is 1. The molecular formula is C18H14FN5. The van der Waals surface area contributed by atoms with Crippen molar-refractivity contribution < 1.29 is 4.39 Å². The summed E-state index contributed by atoms with van der Waals surface area (Å²) in [5, 5.41) is 15.4. The standard InChI is InChI=1S/C18H14FN5/c19-13-6-3-5-12(10-13)17-15-9-8-11-4-1-2-7-14(11)16(15)20-18-21-22-23-24(17)18/h1-7,10,17H,8-9H2,(H,20,21,23). The number of hydrogen-bond acceptors (Lipinski definition) is 4. The third-order valence-corrected chi connectivity index (χ3v) is 4.74. The molecular weight excluding hydrogens is 305 g/mol. The molecule has 1 aliphatic carbocycles. The van der Waals surface area contributed by atoms with Gasteiger partial charge in [-0.3, -0.25) is 0 Å². The molecule has 5 nitrogen and oxygen atoms in total. The Kier molecular flexibility index (Phi) is 2.79. The number of aryl methyl sites for hydroxylation is 1. The number of aromatic nitrogens is 4. The normalized spacial score (nSPS) is 18.5. The summed E-state index contributed by atoms with van der Waals surface area (Å²) in [5.74, 6) is 0.332. The summed E-state index contributed by atoms with van der Waals surface area (Å²) in [4.78, 5) is 0. The van der Waals surface area contributed by atoms with Crippen LogP contribution in [0.3, 0.4) is 0 Å². The quantitative estimate of drug-likeness (QED) is 0.748. The smallest absolute Gasteiger partial charge is 0.248 e. The van der Waals surface area contributed by atoms with E-state index >= 15 is 0 Å². The Bertz CT molecular complexity index is 975. The van der Waals surface area contributed by atoms with Gasteiger partial charge < -0.3 is 5.32 Å². The molecule has 0 saturated carbocycles. The van der Waals surface area contributed by atoms with Crippen LogP contribution in [0.25, 0.3) is 5.70 Å². The fourth-order valence-electron chi connectivity index (χ4n) is 3.70. The molecule has 24 heavy (non-hydrogen) atoms. The number of allylic oxidation sites excluding steroid dienone is 1. The van der Waals surface area contributed by atoms with E-state index in [0.717, 1.165) is 24.1 Å². The Labute approximate surface area is 137 Å². The van der Waals surface area contributed by atoms with Gasteiger partial charge in [0.2, 0.25) is 5.95 Å². The summed E-state index contributed by atoms with van der Waals surface area (Å²) in [6.45, 7) is 0.